The monoisotopic (exact) mass is 612 g/mol. The number of hydrogen-bond acceptors (Lipinski definition) is 7. The smallest absolute Gasteiger partial charge is 0.328 e. The average molecular weight is 613 g/mol. The molecule has 0 aliphatic rings. The molecule has 1 unspecified atom stereocenters. The fraction of sp³-hybridized carbons (Fsp3) is 0.154. The van der Waals surface area contributed by atoms with Crippen molar-refractivity contribution in [3.05, 3.63) is 167 Å². The number of nitrogens with one attached hydrogen (secondary N) is 2. The van der Waals surface area contributed by atoms with Gasteiger partial charge in [-0.3, -0.25) is 10.1 Å². The van der Waals surface area contributed by atoms with Gasteiger partial charge in [-0.05, 0) is 41.0 Å². The number of benzene rings is 5. The maximum Gasteiger partial charge on any atom is 0.328 e. The number of ether oxygens (including phenoxy) is 2. The Bertz CT molecular complexity index is 1690. The molecule has 1 atom stereocenters. The molecule has 7 nitrogen and oxygen atoms in total. The maximum atomic E-state index is 13.2. The minimum Gasteiger partial charge on any atom is -0.492 e. The maximum absolute atomic E-state index is 13.2. The molecular formula is C39H36N2O5. The van der Waals surface area contributed by atoms with Crippen LogP contribution in [0, 0.1) is 0 Å². The van der Waals surface area contributed by atoms with Crippen LogP contribution >= 0.6 is 0 Å². The second-order valence-corrected chi connectivity index (χ2v) is 10.7. The van der Waals surface area contributed by atoms with Gasteiger partial charge in [-0.2, -0.15) is 0 Å². The molecule has 0 aliphatic heterocycles. The van der Waals surface area contributed by atoms with E-state index in [-0.39, 0.29) is 5.78 Å². The Labute approximate surface area is 269 Å². The van der Waals surface area contributed by atoms with Crippen LogP contribution in [0.5, 0.6) is 5.75 Å². The van der Waals surface area contributed by atoms with E-state index < -0.39 is 17.6 Å². The van der Waals surface area contributed by atoms with Gasteiger partial charge in [0.15, 0.2) is 5.78 Å². The van der Waals surface area contributed by atoms with Gasteiger partial charge in [0.25, 0.3) is 0 Å². The molecule has 5 rings (SSSR count). The largest absolute Gasteiger partial charge is 0.492 e. The predicted octanol–water partition coefficient (Wildman–Crippen LogP) is 6.22. The van der Waals surface area contributed by atoms with Crippen LogP contribution in [-0.4, -0.2) is 44.3 Å². The predicted molar refractivity (Wildman–Crippen MR) is 179 cm³/mol. The molecule has 0 spiro atoms. The van der Waals surface area contributed by atoms with Crippen molar-refractivity contribution in [2.75, 3.05) is 25.6 Å². The number of anilines is 1. The van der Waals surface area contributed by atoms with Crippen LogP contribution in [0.4, 0.5) is 5.69 Å². The number of rotatable bonds is 15. The SMILES string of the molecule is COC(=O)C(Cc1ccc(OCCNC(C=O)(c2ccccc2)c2ccccc2)cc1)Nc1ccccc1C(=O)c1ccccc1. The fourth-order valence-electron chi connectivity index (χ4n) is 5.40. The molecular weight excluding hydrogens is 576 g/mol. The summed E-state index contributed by atoms with van der Waals surface area (Å²) in [5.41, 5.74) is 3.16. The molecule has 0 radical (unpaired) electrons. The van der Waals surface area contributed by atoms with Gasteiger partial charge in [-0.25, -0.2) is 4.79 Å². The topological polar surface area (TPSA) is 93.7 Å². The molecule has 7 heteroatoms. The lowest BCUT2D eigenvalue weighted by atomic mass is 9.84. The Morgan fingerprint density at radius 1 is 0.739 bits per heavy atom. The zero-order chi connectivity index (χ0) is 32.2. The standard InChI is InChI=1S/C39H36N2O5/c1-45-38(44)36(41-35-20-12-11-19-34(35)37(43)30-13-5-2-6-14-30)27-29-21-23-33(24-22-29)46-26-25-40-39(28-42,31-15-7-3-8-16-31)32-17-9-4-10-18-32/h2-24,28,36,40-41H,25-27H2,1H3. The van der Waals surface area contributed by atoms with E-state index in [9.17, 15) is 14.4 Å². The summed E-state index contributed by atoms with van der Waals surface area (Å²) in [6.07, 6.45) is 1.27. The number of carbonyl (C=O) groups is 3. The minimum atomic E-state index is -1.00. The van der Waals surface area contributed by atoms with Crippen molar-refractivity contribution in [2.45, 2.75) is 18.0 Å². The molecule has 0 aliphatic carbocycles. The second kappa shape index (κ2) is 15.5. The highest BCUT2D eigenvalue weighted by Crippen LogP contribution is 2.28. The van der Waals surface area contributed by atoms with Crippen molar-refractivity contribution >= 4 is 23.7 Å². The fourth-order valence-corrected chi connectivity index (χ4v) is 5.40. The van der Waals surface area contributed by atoms with Crippen molar-refractivity contribution in [2.24, 2.45) is 0 Å². The zero-order valence-corrected chi connectivity index (χ0v) is 25.6. The molecule has 0 fully saturated rings. The first-order valence-corrected chi connectivity index (χ1v) is 15.1. The van der Waals surface area contributed by atoms with E-state index in [1.807, 2.05) is 109 Å². The number of esters is 1. The molecule has 2 N–H and O–H groups in total. The molecule has 0 saturated heterocycles. The molecule has 5 aromatic rings. The lowest BCUT2D eigenvalue weighted by Crippen LogP contribution is -2.46. The summed E-state index contributed by atoms with van der Waals surface area (Å²) in [6.45, 7) is 0.743. The summed E-state index contributed by atoms with van der Waals surface area (Å²) in [7, 11) is 1.35. The number of methoxy groups -OCH3 is 1. The summed E-state index contributed by atoms with van der Waals surface area (Å²) in [5.74, 6) is 0.0770. The third-order valence-corrected chi connectivity index (χ3v) is 7.80. The number of hydrogen-bond donors (Lipinski definition) is 2. The first-order valence-electron chi connectivity index (χ1n) is 15.1. The van der Waals surface area contributed by atoms with E-state index >= 15 is 0 Å². The molecule has 232 valence electrons. The third-order valence-electron chi connectivity index (χ3n) is 7.80. The van der Waals surface area contributed by atoms with E-state index in [1.165, 1.54) is 7.11 Å². The molecule has 0 heterocycles. The van der Waals surface area contributed by atoms with Crippen LogP contribution in [0.2, 0.25) is 0 Å². The van der Waals surface area contributed by atoms with Crippen molar-refractivity contribution in [1.29, 1.82) is 0 Å². The quantitative estimate of drug-likeness (QED) is 0.0627. The van der Waals surface area contributed by atoms with Gasteiger partial charge in [-0.1, -0.05) is 115 Å². The van der Waals surface area contributed by atoms with Gasteiger partial charge < -0.3 is 19.6 Å². The first kappa shape index (κ1) is 31.9. The molecule has 0 aromatic heterocycles. The van der Waals surface area contributed by atoms with Gasteiger partial charge >= 0.3 is 5.97 Å². The molecule has 46 heavy (non-hydrogen) atoms. The van der Waals surface area contributed by atoms with Crippen LogP contribution < -0.4 is 15.4 Å². The third kappa shape index (κ3) is 7.57. The molecule has 0 amide bonds. The van der Waals surface area contributed by atoms with Crippen molar-refractivity contribution in [3.63, 3.8) is 0 Å². The number of ketones is 1. The summed E-state index contributed by atoms with van der Waals surface area (Å²) in [6, 6.07) is 42.2. The highest BCUT2D eigenvalue weighted by atomic mass is 16.5. The Hall–Kier alpha value is -5.53. The second-order valence-electron chi connectivity index (χ2n) is 10.7. The number of para-hydroxylation sites is 1. The van der Waals surface area contributed by atoms with Gasteiger partial charge in [0.05, 0.1) is 7.11 Å². The molecule has 5 aromatic carbocycles. The van der Waals surface area contributed by atoms with E-state index in [2.05, 4.69) is 10.6 Å². The number of carbonyl (C=O) groups excluding carboxylic acids is 3. The normalized spacial score (nSPS) is 11.7. The van der Waals surface area contributed by atoms with Crippen LogP contribution in [-0.2, 0) is 26.3 Å². The summed E-state index contributed by atoms with van der Waals surface area (Å²) < 4.78 is 11.1. The number of aldehydes is 1. The van der Waals surface area contributed by atoms with Gasteiger partial charge in [-0.15, -0.1) is 0 Å². The van der Waals surface area contributed by atoms with Gasteiger partial charge in [0.1, 0.15) is 30.2 Å². The minimum absolute atomic E-state index is 0.138. The Balaban J connectivity index is 1.23. The Kier molecular flexibility index (Phi) is 10.7. The van der Waals surface area contributed by atoms with Crippen LogP contribution in [0.3, 0.4) is 0 Å². The zero-order valence-electron chi connectivity index (χ0n) is 25.6. The lowest BCUT2D eigenvalue weighted by molar-refractivity contribution is -0.141. The van der Waals surface area contributed by atoms with Gasteiger partial charge in [0, 0.05) is 29.8 Å². The van der Waals surface area contributed by atoms with Crippen molar-refractivity contribution < 1.29 is 23.9 Å². The highest BCUT2D eigenvalue weighted by molar-refractivity contribution is 6.12. The van der Waals surface area contributed by atoms with E-state index in [0.717, 1.165) is 23.0 Å². The molecule has 0 saturated carbocycles. The lowest BCUT2D eigenvalue weighted by Gasteiger charge is -2.30. The highest BCUT2D eigenvalue weighted by Gasteiger charge is 2.33. The summed E-state index contributed by atoms with van der Waals surface area (Å²) >= 11 is 0. The van der Waals surface area contributed by atoms with Crippen molar-refractivity contribution in [1.82, 2.24) is 5.32 Å². The van der Waals surface area contributed by atoms with Crippen LogP contribution in [0.15, 0.2) is 140 Å². The summed E-state index contributed by atoms with van der Waals surface area (Å²) in [4.78, 5) is 38.6. The molecule has 0 bridgehead atoms. The van der Waals surface area contributed by atoms with Gasteiger partial charge in [0.2, 0.25) is 0 Å². The van der Waals surface area contributed by atoms with Crippen LogP contribution in [0.1, 0.15) is 32.6 Å². The summed E-state index contributed by atoms with van der Waals surface area (Å²) in [5, 5.41) is 6.65. The van der Waals surface area contributed by atoms with Crippen LogP contribution in [0.25, 0.3) is 0 Å². The van der Waals surface area contributed by atoms with Crippen molar-refractivity contribution in [3.8, 4) is 5.75 Å². The average Bonchev–Trinajstić information content (AvgIpc) is 3.13. The Morgan fingerprint density at radius 2 is 1.30 bits per heavy atom. The Morgan fingerprint density at radius 3 is 1.89 bits per heavy atom. The van der Waals surface area contributed by atoms with E-state index in [4.69, 9.17) is 9.47 Å². The van der Waals surface area contributed by atoms with E-state index in [1.54, 1.807) is 30.3 Å². The van der Waals surface area contributed by atoms with E-state index in [0.29, 0.717) is 42.1 Å². The first-order chi connectivity index (χ1) is 22.5.